The van der Waals surface area contributed by atoms with Crippen molar-refractivity contribution in [3.8, 4) is 0 Å². The zero-order valence-corrected chi connectivity index (χ0v) is 11.1. The fourth-order valence-corrected chi connectivity index (χ4v) is 1.89. The van der Waals surface area contributed by atoms with E-state index in [1.165, 1.54) is 0 Å². The number of nitrogens with zero attached hydrogens (tertiary/aromatic N) is 1. The third kappa shape index (κ3) is 5.65. The topological polar surface area (TPSA) is 54.0 Å². The highest BCUT2D eigenvalue weighted by Gasteiger charge is 2.33. The molecule has 0 bridgehead atoms. The lowest BCUT2D eigenvalue weighted by Gasteiger charge is -2.03. The normalized spacial score (nSPS) is 10.9. The Balaban J connectivity index is 0.00000289. The summed E-state index contributed by atoms with van der Waals surface area (Å²) in [6.45, 7) is 0.469. The zero-order valence-electron chi connectivity index (χ0n) is 9.50. The van der Waals surface area contributed by atoms with E-state index in [1.54, 1.807) is 7.05 Å². The predicted octanol–water partition coefficient (Wildman–Crippen LogP) is 1.46. The van der Waals surface area contributed by atoms with Gasteiger partial charge in [0.1, 0.15) is 0 Å². The van der Waals surface area contributed by atoms with Crippen LogP contribution in [0.2, 0.25) is 0 Å². The van der Waals surface area contributed by atoms with E-state index >= 15 is 0 Å². The van der Waals surface area contributed by atoms with Gasteiger partial charge in [-0.3, -0.25) is 4.79 Å². The Kier molecular flexibility index (Phi) is 7.19. The minimum absolute atomic E-state index is 0. The maximum Gasteiger partial charge on any atom is 0.434 e. The van der Waals surface area contributed by atoms with Crippen LogP contribution in [0.5, 0.6) is 0 Å². The molecule has 0 spiro atoms. The van der Waals surface area contributed by atoms with Crippen molar-refractivity contribution >= 4 is 29.7 Å². The molecule has 0 atom stereocenters. The Labute approximate surface area is 112 Å². The highest BCUT2D eigenvalue weighted by atomic mass is 35.5. The van der Waals surface area contributed by atoms with Crippen LogP contribution < -0.4 is 10.6 Å². The number of carbonyl (C=O) groups is 1. The third-order valence-corrected chi connectivity index (χ3v) is 2.75. The van der Waals surface area contributed by atoms with E-state index in [0.717, 1.165) is 16.7 Å². The van der Waals surface area contributed by atoms with Crippen LogP contribution in [0, 0.1) is 0 Å². The Hall–Kier alpha value is -0.860. The smallest absolute Gasteiger partial charge is 0.355 e. The van der Waals surface area contributed by atoms with Gasteiger partial charge in [0.05, 0.1) is 11.6 Å². The van der Waals surface area contributed by atoms with E-state index in [2.05, 4.69) is 15.6 Å². The van der Waals surface area contributed by atoms with Gasteiger partial charge < -0.3 is 10.6 Å². The summed E-state index contributed by atoms with van der Waals surface area (Å²) in [7, 11) is 1.63. The number of nitrogens with one attached hydrogen (secondary N) is 2. The Morgan fingerprint density at radius 2 is 2.17 bits per heavy atom. The van der Waals surface area contributed by atoms with E-state index < -0.39 is 11.9 Å². The van der Waals surface area contributed by atoms with Gasteiger partial charge in [0, 0.05) is 18.3 Å². The average Bonchev–Trinajstić information content (AvgIpc) is 2.66. The SMILES string of the molecule is CNCC(=O)NCCc1nc(C(F)(F)F)cs1.Cl. The van der Waals surface area contributed by atoms with Crippen molar-refractivity contribution in [1.82, 2.24) is 15.6 Å². The minimum atomic E-state index is -4.40. The fraction of sp³-hybridized carbons (Fsp3) is 0.556. The van der Waals surface area contributed by atoms with E-state index in [9.17, 15) is 18.0 Å². The molecule has 0 fully saturated rings. The Morgan fingerprint density at radius 3 is 2.67 bits per heavy atom. The molecule has 1 amide bonds. The molecule has 104 valence electrons. The number of amides is 1. The van der Waals surface area contributed by atoms with Crippen LogP contribution >= 0.6 is 23.7 Å². The van der Waals surface area contributed by atoms with Gasteiger partial charge >= 0.3 is 6.18 Å². The molecule has 1 rings (SSSR count). The summed E-state index contributed by atoms with van der Waals surface area (Å²) in [6, 6.07) is 0. The van der Waals surface area contributed by atoms with Gasteiger partial charge in [-0.1, -0.05) is 0 Å². The van der Waals surface area contributed by atoms with Crippen LogP contribution in [0.25, 0.3) is 0 Å². The summed E-state index contributed by atoms with van der Waals surface area (Å²) in [5.74, 6) is -0.194. The Morgan fingerprint density at radius 1 is 1.50 bits per heavy atom. The van der Waals surface area contributed by atoms with Gasteiger partial charge in [0.25, 0.3) is 0 Å². The molecule has 0 saturated heterocycles. The molecule has 0 aliphatic carbocycles. The second-order valence-electron chi connectivity index (χ2n) is 3.25. The van der Waals surface area contributed by atoms with Crippen LogP contribution in [0.3, 0.4) is 0 Å². The van der Waals surface area contributed by atoms with E-state index in [1.807, 2.05) is 0 Å². The van der Waals surface area contributed by atoms with Crippen LogP contribution in [0.4, 0.5) is 13.2 Å². The zero-order chi connectivity index (χ0) is 12.9. The molecule has 1 aromatic heterocycles. The van der Waals surface area contributed by atoms with Gasteiger partial charge in [0.15, 0.2) is 5.69 Å². The second-order valence-corrected chi connectivity index (χ2v) is 4.20. The van der Waals surface area contributed by atoms with Gasteiger partial charge in [-0.2, -0.15) is 13.2 Å². The lowest BCUT2D eigenvalue weighted by atomic mass is 10.4. The quantitative estimate of drug-likeness (QED) is 0.866. The number of halogens is 4. The monoisotopic (exact) mass is 303 g/mol. The lowest BCUT2D eigenvalue weighted by molar-refractivity contribution is -0.140. The maximum atomic E-state index is 12.2. The van der Waals surface area contributed by atoms with Gasteiger partial charge in [0.2, 0.25) is 5.91 Å². The van der Waals surface area contributed by atoms with Crippen LogP contribution in [0.15, 0.2) is 5.38 Å². The number of aromatic nitrogens is 1. The van der Waals surface area contributed by atoms with Crippen molar-refractivity contribution in [1.29, 1.82) is 0 Å². The van der Waals surface area contributed by atoms with Gasteiger partial charge in [-0.15, -0.1) is 23.7 Å². The lowest BCUT2D eigenvalue weighted by Crippen LogP contribution is -2.33. The minimum Gasteiger partial charge on any atom is -0.355 e. The van der Waals surface area contributed by atoms with E-state index in [-0.39, 0.29) is 31.4 Å². The molecule has 1 aromatic rings. The third-order valence-electron chi connectivity index (χ3n) is 1.84. The highest BCUT2D eigenvalue weighted by Crippen LogP contribution is 2.29. The molecule has 4 nitrogen and oxygen atoms in total. The number of likely N-dealkylation sites (N-methyl/N-ethyl adjacent to an activating group) is 1. The molecule has 0 aliphatic rings. The molecule has 1 heterocycles. The number of alkyl halides is 3. The average molecular weight is 304 g/mol. The molecule has 0 saturated carbocycles. The number of thiazole rings is 1. The van der Waals surface area contributed by atoms with E-state index in [0.29, 0.717) is 11.4 Å². The van der Waals surface area contributed by atoms with E-state index in [4.69, 9.17) is 0 Å². The first-order valence-corrected chi connectivity index (χ1v) is 5.74. The van der Waals surface area contributed by atoms with Crippen LogP contribution in [-0.2, 0) is 17.4 Å². The predicted molar refractivity (Wildman–Crippen MR) is 65.0 cm³/mol. The molecule has 2 N–H and O–H groups in total. The van der Waals surface area contributed by atoms with Gasteiger partial charge in [-0.25, -0.2) is 4.98 Å². The van der Waals surface area contributed by atoms with Crippen molar-refractivity contribution in [2.24, 2.45) is 0 Å². The maximum absolute atomic E-state index is 12.2. The molecule has 18 heavy (non-hydrogen) atoms. The number of rotatable bonds is 5. The van der Waals surface area contributed by atoms with Crippen LogP contribution in [0.1, 0.15) is 10.7 Å². The van der Waals surface area contributed by atoms with Crippen molar-refractivity contribution < 1.29 is 18.0 Å². The molecule has 0 aliphatic heterocycles. The summed E-state index contributed by atoms with van der Waals surface area (Å²) in [5.41, 5.74) is -0.876. The summed E-state index contributed by atoms with van der Waals surface area (Å²) in [6.07, 6.45) is -4.10. The Bertz CT molecular complexity index is 383. The van der Waals surface area contributed by atoms with Crippen LogP contribution in [-0.4, -0.2) is 31.0 Å². The summed E-state index contributed by atoms with van der Waals surface area (Å²) in [5, 5.41) is 6.57. The molecular weight excluding hydrogens is 291 g/mol. The first kappa shape index (κ1) is 17.1. The van der Waals surface area contributed by atoms with Crippen molar-refractivity contribution in [2.45, 2.75) is 12.6 Å². The number of hydrogen-bond donors (Lipinski definition) is 2. The molecule has 0 radical (unpaired) electrons. The standard InChI is InChI=1S/C9H12F3N3OS.ClH/c1-13-4-7(16)14-3-2-8-15-6(5-17-8)9(10,11)12;/h5,13H,2-4H2,1H3,(H,14,16);1H. The second kappa shape index (κ2) is 7.55. The largest absolute Gasteiger partial charge is 0.434 e. The first-order valence-electron chi connectivity index (χ1n) is 4.86. The fourth-order valence-electron chi connectivity index (χ4n) is 1.09. The van der Waals surface area contributed by atoms with Crippen molar-refractivity contribution in [3.63, 3.8) is 0 Å². The first-order chi connectivity index (χ1) is 7.93. The highest BCUT2D eigenvalue weighted by molar-refractivity contribution is 7.09. The summed E-state index contributed by atoms with van der Waals surface area (Å²) < 4.78 is 36.7. The number of hydrogen-bond acceptors (Lipinski definition) is 4. The molecular formula is C9H13ClF3N3OS. The summed E-state index contributed by atoms with van der Waals surface area (Å²) >= 11 is 0.943. The van der Waals surface area contributed by atoms with Gasteiger partial charge in [-0.05, 0) is 7.05 Å². The molecule has 0 aromatic carbocycles. The van der Waals surface area contributed by atoms with Crippen molar-refractivity contribution in [2.75, 3.05) is 20.1 Å². The number of carbonyl (C=O) groups excluding carboxylic acids is 1. The molecule has 9 heteroatoms. The summed E-state index contributed by atoms with van der Waals surface area (Å²) in [4.78, 5) is 14.5. The molecule has 0 unspecified atom stereocenters. The van der Waals surface area contributed by atoms with Crippen molar-refractivity contribution in [3.05, 3.63) is 16.1 Å².